The van der Waals surface area contributed by atoms with E-state index in [9.17, 15) is 4.79 Å². The van der Waals surface area contributed by atoms with Gasteiger partial charge in [0.15, 0.2) is 0 Å². The van der Waals surface area contributed by atoms with Gasteiger partial charge in [0.05, 0.1) is 10.9 Å². The molecule has 1 amide bonds. The van der Waals surface area contributed by atoms with E-state index in [0.29, 0.717) is 24.2 Å². The molecule has 5 rings (SSSR count). The van der Waals surface area contributed by atoms with Gasteiger partial charge in [0, 0.05) is 42.9 Å². The normalized spacial score (nSPS) is 20.8. The Balaban J connectivity index is 1.35. The summed E-state index contributed by atoms with van der Waals surface area (Å²) >= 11 is 6.12. The summed E-state index contributed by atoms with van der Waals surface area (Å²) in [5.74, 6) is 0.720. The number of carbonyl (C=O) groups excluding carboxylic acids is 1. The fraction of sp³-hybridized carbons (Fsp3) is 0.385. The number of rotatable bonds is 4. The fourth-order valence-electron chi connectivity index (χ4n) is 5.26. The number of ether oxygens (including phenoxy) is 1. The number of fused-ring (bicyclic) bond motifs is 1. The van der Waals surface area contributed by atoms with E-state index in [1.54, 1.807) is 0 Å². The monoisotopic (exact) mass is 434 g/mol. The van der Waals surface area contributed by atoms with Crippen LogP contribution in [0.5, 0.6) is 0 Å². The summed E-state index contributed by atoms with van der Waals surface area (Å²) in [6.45, 7) is 2.87. The molecule has 0 bridgehead atoms. The summed E-state index contributed by atoms with van der Waals surface area (Å²) in [5, 5.41) is 1.92. The maximum Gasteiger partial charge on any atom is 0.233 e. The number of likely N-dealkylation sites (tertiary alicyclic amines) is 1. The van der Waals surface area contributed by atoms with Crippen molar-refractivity contribution in [1.82, 2.24) is 9.88 Å². The summed E-state index contributed by atoms with van der Waals surface area (Å²) in [4.78, 5) is 20.4. The predicted octanol–water partition coefficient (Wildman–Crippen LogP) is 5.03. The van der Waals surface area contributed by atoms with Crippen molar-refractivity contribution in [3.8, 4) is 0 Å². The number of hydrogen-bond acceptors (Lipinski definition) is 3. The molecule has 0 saturated carbocycles. The Kier molecular flexibility index (Phi) is 5.68. The van der Waals surface area contributed by atoms with Crippen LogP contribution in [0.15, 0.2) is 60.8 Å². The van der Waals surface area contributed by atoms with Crippen molar-refractivity contribution in [2.75, 3.05) is 26.3 Å². The Bertz CT molecular complexity index is 1070. The van der Waals surface area contributed by atoms with Crippen molar-refractivity contribution in [2.45, 2.75) is 31.1 Å². The Hall–Kier alpha value is -2.43. The second-order valence-electron chi connectivity index (χ2n) is 8.80. The maximum absolute atomic E-state index is 13.8. The van der Waals surface area contributed by atoms with Gasteiger partial charge in [0.25, 0.3) is 0 Å². The van der Waals surface area contributed by atoms with Gasteiger partial charge in [-0.05, 0) is 67.0 Å². The fourth-order valence-corrected chi connectivity index (χ4v) is 5.38. The van der Waals surface area contributed by atoms with E-state index >= 15 is 0 Å². The molecule has 2 aromatic carbocycles. The van der Waals surface area contributed by atoms with E-state index < -0.39 is 5.41 Å². The lowest BCUT2D eigenvalue weighted by Crippen LogP contribution is -2.49. The molecule has 5 heteroatoms. The van der Waals surface area contributed by atoms with E-state index in [4.69, 9.17) is 16.3 Å². The lowest BCUT2D eigenvalue weighted by molar-refractivity contribution is -0.140. The number of hydrogen-bond donors (Lipinski definition) is 0. The minimum Gasteiger partial charge on any atom is -0.381 e. The Labute approximate surface area is 188 Å². The molecule has 0 radical (unpaired) electrons. The van der Waals surface area contributed by atoms with E-state index in [2.05, 4.69) is 34.1 Å². The highest BCUT2D eigenvalue weighted by atomic mass is 35.5. The smallest absolute Gasteiger partial charge is 0.233 e. The van der Waals surface area contributed by atoms with Gasteiger partial charge in [-0.1, -0.05) is 41.9 Å². The molecule has 3 heterocycles. The van der Waals surface area contributed by atoms with E-state index in [1.807, 2.05) is 36.5 Å². The zero-order chi connectivity index (χ0) is 21.3. The number of pyridine rings is 1. The number of benzene rings is 2. The first-order chi connectivity index (χ1) is 15.2. The second-order valence-corrected chi connectivity index (χ2v) is 9.24. The molecule has 4 nitrogen and oxygen atoms in total. The van der Waals surface area contributed by atoms with Crippen molar-refractivity contribution >= 4 is 28.4 Å². The molecule has 2 saturated heterocycles. The third-order valence-electron chi connectivity index (χ3n) is 6.97. The zero-order valence-electron chi connectivity index (χ0n) is 17.6. The molecule has 3 aromatic rings. The van der Waals surface area contributed by atoms with Crippen LogP contribution in [0, 0.1) is 5.92 Å². The van der Waals surface area contributed by atoms with Crippen LogP contribution in [0.3, 0.4) is 0 Å². The highest BCUT2D eigenvalue weighted by Gasteiger charge is 2.45. The van der Waals surface area contributed by atoms with Crippen LogP contribution in [0.2, 0.25) is 5.02 Å². The van der Waals surface area contributed by atoms with Crippen molar-refractivity contribution in [1.29, 1.82) is 0 Å². The van der Waals surface area contributed by atoms with Crippen LogP contribution in [-0.2, 0) is 21.4 Å². The van der Waals surface area contributed by atoms with Gasteiger partial charge < -0.3 is 9.64 Å². The number of aromatic nitrogens is 1. The van der Waals surface area contributed by atoms with Crippen molar-refractivity contribution in [2.24, 2.45) is 5.92 Å². The van der Waals surface area contributed by atoms with Crippen LogP contribution in [0.1, 0.15) is 30.4 Å². The van der Waals surface area contributed by atoms with Crippen LogP contribution >= 0.6 is 11.6 Å². The summed E-state index contributed by atoms with van der Waals surface area (Å²) < 4.78 is 5.62. The van der Waals surface area contributed by atoms with Crippen molar-refractivity contribution in [3.05, 3.63) is 76.9 Å². The molecule has 2 aliphatic rings. The first-order valence-electron chi connectivity index (χ1n) is 11.1. The maximum atomic E-state index is 13.8. The van der Waals surface area contributed by atoms with E-state index in [1.165, 1.54) is 10.9 Å². The topological polar surface area (TPSA) is 42.4 Å². The second kappa shape index (κ2) is 8.60. The molecule has 1 atom stereocenters. The standard InChI is InChI=1S/C26H27ClN2O2/c27-22-8-6-21(7-9-22)26(11-15-31-16-12-26)25(30)29-14-10-19(18-29)17-20-3-1-5-24-23(20)4-2-13-28-24/h1-9,13,19H,10-12,14-18H2. The quantitative estimate of drug-likeness (QED) is 0.578. The molecule has 0 aliphatic carbocycles. The SMILES string of the molecule is O=C(N1CCC(Cc2cccc3ncccc23)C1)C1(c2ccc(Cl)cc2)CCOCC1. The molecule has 31 heavy (non-hydrogen) atoms. The molecule has 0 spiro atoms. The average Bonchev–Trinajstić information content (AvgIpc) is 3.28. The Morgan fingerprint density at radius 3 is 2.71 bits per heavy atom. The highest BCUT2D eigenvalue weighted by Crippen LogP contribution is 2.39. The lowest BCUT2D eigenvalue weighted by Gasteiger charge is -2.39. The van der Waals surface area contributed by atoms with Crippen molar-refractivity contribution < 1.29 is 9.53 Å². The molecule has 1 aromatic heterocycles. The molecule has 2 aliphatic heterocycles. The summed E-state index contributed by atoms with van der Waals surface area (Å²) in [7, 11) is 0. The predicted molar refractivity (Wildman–Crippen MR) is 123 cm³/mol. The minimum atomic E-state index is -0.499. The van der Waals surface area contributed by atoms with Gasteiger partial charge in [-0.2, -0.15) is 0 Å². The summed E-state index contributed by atoms with van der Waals surface area (Å²) in [5.41, 5.74) is 2.92. The summed E-state index contributed by atoms with van der Waals surface area (Å²) in [6, 6.07) is 18.3. The van der Waals surface area contributed by atoms with Crippen molar-refractivity contribution in [3.63, 3.8) is 0 Å². The van der Waals surface area contributed by atoms with Crippen LogP contribution in [0.4, 0.5) is 0 Å². The van der Waals surface area contributed by atoms with Gasteiger partial charge in [-0.15, -0.1) is 0 Å². The largest absolute Gasteiger partial charge is 0.381 e. The van der Waals surface area contributed by atoms with Gasteiger partial charge in [0.2, 0.25) is 5.91 Å². The van der Waals surface area contributed by atoms with E-state index in [0.717, 1.165) is 49.9 Å². The van der Waals surface area contributed by atoms with Crippen LogP contribution < -0.4 is 0 Å². The minimum absolute atomic E-state index is 0.250. The van der Waals surface area contributed by atoms with Gasteiger partial charge in [0.1, 0.15) is 0 Å². The molecular formula is C26H27ClN2O2. The average molecular weight is 435 g/mol. The third kappa shape index (κ3) is 3.95. The number of halogens is 1. The molecule has 2 fully saturated rings. The highest BCUT2D eigenvalue weighted by molar-refractivity contribution is 6.30. The number of carbonyl (C=O) groups is 1. The number of amides is 1. The Morgan fingerprint density at radius 1 is 1.10 bits per heavy atom. The van der Waals surface area contributed by atoms with Gasteiger partial charge in [-0.3, -0.25) is 9.78 Å². The molecular weight excluding hydrogens is 408 g/mol. The summed E-state index contributed by atoms with van der Waals surface area (Å²) in [6.07, 6.45) is 5.30. The van der Waals surface area contributed by atoms with Gasteiger partial charge in [-0.25, -0.2) is 0 Å². The van der Waals surface area contributed by atoms with Crippen LogP contribution in [0.25, 0.3) is 10.9 Å². The lowest BCUT2D eigenvalue weighted by atomic mass is 9.73. The first kappa shape index (κ1) is 20.5. The first-order valence-corrected chi connectivity index (χ1v) is 11.5. The third-order valence-corrected chi connectivity index (χ3v) is 7.22. The van der Waals surface area contributed by atoms with Crippen LogP contribution in [-0.4, -0.2) is 42.1 Å². The molecule has 160 valence electrons. The Morgan fingerprint density at radius 2 is 1.90 bits per heavy atom. The number of nitrogens with zero attached hydrogens (tertiary/aromatic N) is 2. The van der Waals surface area contributed by atoms with E-state index in [-0.39, 0.29) is 5.91 Å². The zero-order valence-corrected chi connectivity index (χ0v) is 18.4. The molecule has 1 unspecified atom stereocenters. The van der Waals surface area contributed by atoms with Gasteiger partial charge >= 0.3 is 0 Å². The molecule has 0 N–H and O–H groups in total.